The molecule has 7 heteroatoms. The molecule has 0 aliphatic carbocycles. The first-order chi connectivity index (χ1) is 18.2. The quantitative estimate of drug-likeness (QED) is 0.487. The molecular weight excluding hydrogens is 466 g/mol. The third kappa shape index (κ3) is 5.53. The number of rotatable bonds is 6. The first kappa shape index (κ1) is 25.0. The molecule has 0 bridgehead atoms. The van der Waals surface area contributed by atoms with Crippen LogP contribution in [-0.4, -0.2) is 65.8 Å². The Balaban J connectivity index is 1.41. The highest BCUT2D eigenvalue weighted by atomic mass is 16.7. The number of ether oxygens (including phenoxy) is 1. The molecule has 7 nitrogen and oxygen atoms in total. The number of amides is 2. The molecule has 0 spiro atoms. The Hall–Kier alpha value is -3.68. The third-order valence-corrected chi connectivity index (χ3v) is 7.06. The second-order valence-electron chi connectivity index (χ2n) is 9.35. The minimum atomic E-state index is -0.603. The molecule has 3 aromatic rings. The van der Waals surface area contributed by atoms with Gasteiger partial charge in [-0.2, -0.15) is 5.06 Å². The topological polar surface area (TPSA) is 62.3 Å². The van der Waals surface area contributed by atoms with E-state index in [0.717, 1.165) is 16.7 Å². The zero-order chi connectivity index (χ0) is 25.6. The van der Waals surface area contributed by atoms with Gasteiger partial charge in [0.05, 0.1) is 18.7 Å². The van der Waals surface area contributed by atoms with E-state index >= 15 is 0 Å². The van der Waals surface area contributed by atoms with Crippen LogP contribution in [0.15, 0.2) is 91.0 Å². The van der Waals surface area contributed by atoms with Gasteiger partial charge in [-0.15, -0.1) is 0 Å². The maximum Gasteiger partial charge on any atom is 0.409 e. The van der Waals surface area contributed by atoms with Crippen molar-refractivity contribution in [1.82, 2.24) is 14.9 Å². The summed E-state index contributed by atoms with van der Waals surface area (Å²) in [5.41, 5.74) is 3.32. The number of nitrogens with zero attached hydrogens (tertiary/aromatic N) is 3. The molecule has 2 unspecified atom stereocenters. The van der Waals surface area contributed by atoms with Gasteiger partial charge in [0.15, 0.2) is 6.10 Å². The molecule has 37 heavy (non-hydrogen) atoms. The summed E-state index contributed by atoms with van der Waals surface area (Å²) in [6.45, 7) is 3.99. The Labute approximate surface area is 218 Å². The zero-order valence-electron chi connectivity index (χ0n) is 21.1. The van der Waals surface area contributed by atoms with Gasteiger partial charge in [0, 0.05) is 32.6 Å². The summed E-state index contributed by atoms with van der Waals surface area (Å²) in [6, 6.07) is 30.5. The van der Waals surface area contributed by atoms with Crippen LogP contribution in [0.2, 0.25) is 0 Å². The van der Waals surface area contributed by atoms with Gasteiger partial charge in [-0.25, -0.2) is 4.79 Å². The van der Waals surface area contributed by atoms with Crippen LogP contribution in [0.1, 0.15) is 42.1 Å². The van der Waals surface area contributed by atoms with Crippen molar-refractivity contribution >= 4 is 12.0 Å². The maximum absolute atomic E-state index is 13.7. The van der Waals surface area contributed by atoms with Crippen LogP contribution < -0.4 is 0 Å². The molecule has 3 aromatic carbocycles. The highest BCUT2D eigenvalue weighted by Crippen LogP contribution is 2.43. The molecule has 2 atom stereocenters. The van der Waals surface area contributed by atoms with Gasteiger partial charge < -0.3 is 14.5 Å². The fraction of sp³-hybridized carbons (Fsp3) is 0.333. The van der Waals surface area contributed by atoms with Crippen LogP contribution in [0, 0.1) is 0 Å². The fourth-order valence-corrected chi connectivity index (χ4v) is 5.20. The van der Waals surface area contributed by atoms with Gasteiger partial charge in [0.25, 0.3) is 5.91 Å². The summed E-state index contributed by atoms with van der Waals surface area (Å²) >= 11 is 0. The predicted octanol–water partition coefficient (Wildman–Crippen LogP) is 4.82. The standard InChI is InChI=1S/C30H33N3O4/c1-2-36-30(35)32-20-18-31(19-21-32)29(34)27-22-26(23-12-6-3-7-13-23)33(37-27)28(24-14-8-4-9-15-24)25-16-10-5-11-17-25/h3-17,26-28H,2,18-22H2,1H3. The van der Waals surface area contributed by atoms with E-state index in [4.69, 9.17) is 9.57 Å². The van der Waals surface area contributed by atoms with Crippen LogP contribution in [0.4, 0.5) is 4.79 Å². The largest absolute Gasteiger partial charge is 0.450 e. The second kappa shape index (κ2) is 11.6. The van der Waals surface area contributed by atoms with E-state index in [2.05, 4.69) is 36.4 Å². The smallest absolute Gasteiger partial charge is 0.409 e. The summed E-state index contributed by atoms with van der Waals surface area (Å²) in [5, 5.41) is 2.01. The summed E-state index contributed by atoms with van der Waals surface area (Å²) in [5.74, 6) is -0.0354. The Bertz CT molecular complexity index is 1130. The third-order valence-electron chi connectivity index (χ3n) is 7.06. The normalized spacial score (nSPS) is 20.3. The van der Waals surface area contributed by atoms with E-state index < -0.39 is 6.10 Å². The van der Waals surface area contributed by atoms with Gasteiger partial charge in [0.1, 0.15) is 0 Å². The van der Waals surface area contributed by atoms with Crippen molar-refractivity contribution < 1.29 is 19.2 Å². The number of piperazine rings is 1. The predicted molar refractivity (Wildman–Crippen MR) is 140 cm³/mol. The van der Waals surface area contributed by atoms with Crippen molar-refractivity contribution in [2.24, 2.45) is 0 Å². The molecule has 0 aromatic heterocycles. The Morgan fingerprint density at radius 3 is 1.86 bits per heavy atom. The molecule has 0 radical (unpaired) electrons. The van der Waals surface area contributed by atoms with E-state index in [1.165, 1.54) is 0 Å². The molecule has 192 valence electrons. The minimum absolute atomic E-state index is 0.0354. The van der Waals surface area contributed by atoms with Crippen molar-refractivity contribution in [2.75, 3.05) is 32.8 Å². The van der Waals surface area contributed by atoms with Crippen molar-refractivity contribution in [1.29, 1.82) is 0 Å². The first-order valence-electron chi connectivity index (χ1n) is 13.0. The lowest BCUT2D eigenvalue weighted by molar-refractivity contribution is -0.194. The van der Waals surface area contributed by atoms with Crippen LogP contribution >= 0.6 is 0 Å². The summed E-state index contributed by atoms with van der Waals surface area (Å²) < 4.78 is 5.12. The highest BCUT2D eigenvalue weighted by molar-refractivity contribution is 5.81. The molecule has 2 saturated heterocycles. The van der Waals surface area contributed by atoms with Crippen LogP contribution in [0.5, 0.6) is 0 Å². The van der Waals surface area contributed by atoms with E-state index in [9.17, 15) is 9.59 Å². The van der Waals surface area contributed by atoms with E-state index in [0.29, 0.717) is 39.2 Å². The number of carbonyl (C=O) groups is 2. The number of carbonyl (C=O) groups excluding carboxylic acids is 2. The molecule has 2 fully saturated rings. The summed E-state index contributed by atoms with van der Waals surface area (Å²) in [4.78, 5) is 35.8. The molecule has 2 aliphatic rings. The average molecular weight is 500 g/mol. The second-order valence-corrected chi connectivity index (χ2v) is 9.35. The van der Waals surface area contributed by atoms with Crippen LogP contribution in [0.3, 0.4) is 0 Å². The number of benzene rings is 3. The highest BCUT2D eigenvalue weighted by Gasteiger charge is 2.44. The molecular formula is C30H33N3O4. The molecule has 2 heterocycles. The SMILES string of the molecule is CCOC(=O)N1CCN(C(=O)C2CC(c3ccccc3)N(C(c3ccccc3)c3ccccc3)O2)CC1. The monoisotopic (exact) mass is 499 g/mol. The van der Waals surface area contributed by atoms with Crippen molar-refractivity contribution in [2.45, 2.75) is 31.5 Å². The lowest BCUT2D eigenvalue weighted by atomic mass is 9.94. The summed E-state index contributed by atoms with van der Waals surface area (Å²) in [6.07, 6.45) is -0.373. The van der Waals surface area contributed by atoms with Crippen molar-refractivity contribution in [3.05, 3.63) is 108 Å². The van der Waals surface area contributed by atoms with E-state index in [1.54, 1.807) is 11.8 Å². The van der Waals surface area contributed by atoms with Gasteiger partial charge in [0.2, 0.25) is 0 Å². The molecule has 0 N–H and O–H groups in total. The molecule has 5 rings (SSSR count). The van der Waals surface area contributed by atoms with E-state index in [1.807, 2.05) is 64.6 Å². The van der Waals surface area contributed by atoms with Crippen LogP contribution in [-0.2, 0) is 14.4 Å². The average Bonchev–Trinajstić information content (AvgIpc) is 3.39. The number of hydrogen-bond acceptors (Lipinski definition) is 5. The lowest BCUT2D eigenvalue weighted by Gasteiger charge is -2.35. The molecule has 0 saturated carbocycles. The van der Waals surface area contributed by atoms with E-state index in [-0.39, 0.29) is 24.1 Å². The Kier molecular flexibility index (Phi) is 7.82. The molecule has 2 amide bonds. The van der Waals surface area contributed by atoms with Crippen molar-refractivity contribution in [3.63, 3.8) is 0 Å². The molecule has 2 aliphatic heterocycles. The number of hydroxylamine groups is 2. The Morgan fingerprint density at radius 1 is 0.811 bits per heavy atom. The van der Waals surface area contributed by atoms with Crippen LogP contribution in [0.25, 0.3) is 0 Å². The first-order valence-corrected chi connectivity index (χ1v) is 13.0. The number of hydrogen-bond donors (Lipinski definition) is 0. The summed E-state index contributed by atoms with van der Waals surface area (Å²) in [7, 11) is 0. The zero-order valence-corrected chi connectivity index (χ0v) is 21.1. The van der Waals surface area contributed by atoms with Gasteiger partial charge in [-0.1, -0.05) is 91.0 Å². The minimum Gasteiger partial charge on any atom is -0.450 e. The van der Waals surface area contributed by atoms with Gasteiger partial charge >= 0.3 is 6.09 Å². The van der Waals surface area contributed by atoms with Gasteiger partial charge in [-0.05, 0) is 23.6 Å². The Morgan fingerprint density at radius 2 is 1.32 bits per heavy atom. The lowest BCUT2D eigenvalue weighted by Crippen LogP contribution is -2.53. The fourth-order valence-electron chi connectivity index (χ4n) is 5.20. The van der Waals surface area contributed by atoms with Crippen molar-refractivity contribution in [3.8, 4) is 0 Å². The van der Waals surface area contributed by atoms with Gasteiger partial charge in [-0.3, -0.25) is 9.63 Å². The maximum atomic E-state index is 13.7.